The average molecular weight is 268 g/mol. The van der Waals surface area contributed by atoms with Gasteiger partial charge in [0.2, 0.25) is 0 Å². The summed E-state index contributed by atoms with van der Waals surface area (Å²) in [5.74, 6) is 1.25. The summed E-state index contributed by atoms with van der Waals surface area (Å²) in [6.45, 7) is 5.30. The Labute approximate surface area is 115 Å². The second kappa shape index (κ2) is 6.44. The summed E-state index contributed by atoms with van der Waals surface area (Å²) >= 11 is 5.87. The molecule has 0 bridgehead atoms. The number of benzene rings is 1. The molecule has 1 unspecified atom stereocenters. The number of halogens is 1. The van der Waals surface area contributed by atoms with Crippen LogP contribution in [0.15, 0.2) is 18.2 Å². The zero-order valence-corrected chi connectivity index (χ0v) is 12.0. The van der Waals surface area contributed by atoms with Crippen molar-refractivity contribution in [3.63, 3.8) is 0 Å². The number of alkyl halides is 1. The molecule has 0 aromatic heterocycles. The van der Waals surface area contributed by atoms with E-state index < -0.39 is 0 Å². The van der Waals surface area contributed by atoms with Crippen molar-refractivity contribution in [3.05, 3.63) is 29.3 Å². The predicted octanol–water partition coefficient (Wildman–Crippen LogP) is 3.60. The van der Waals surface area contributed by atoms with Gasteiger partial charge in [0.1, 0.15) is 0 Å². The van der Waals surface area contributed by atoms with Crippen LogP contribution in [-0.4, -0.2) is 26.8 Å². The van der Waals surface area contributed by atoms with Crippen LogP contribution >= 0.6 is 11.6 Å². The maximum atomic E-state index is 5.87. The Bertz CT molecular complexity index is 392. The van der Waals surface area contributed by atoms with Crippen molar-refractivity contribution >= 4 is 17.3 Å². The lowest BCUT2D eigenvalue weighted by Crippen LogP contribution is -2.37. The number of aryl methyl sites for hydroxylation is 1. The van der Waals surface area contributed by atoms with E-state index in [1.54, 1.807) is 7.11 Å². The molecule has 1 heterocycles. The molecule has 1 fully saturated rings. The number of rotatable bonds is 4. The lowest BCUT2D eigenvalue weighted by atomic mass is 9.97. The van der Waals surface area contributed by atoms with Gasteiger partial charge in [-0.1, -0.05) is 12.1 Å². The topological polar surface area (TPSA) is 12.5 Å². The lowest BCUT2D eigenvalue weighted by molar-refractivity contribution is 0.143. The first-order valence-corrected chi connectivity index (χ1v) is 7.17. The van der Waals surface area contributed by atoms with Crippen molar-refractivity contribution in [1.82, 2.24) is 0 Å². The van der Waals surface area contributed by atoms with Gasteiger partial charge >= 0.3 is 0 Å². The van der Waals surface area contributed by atoms with Crippen molar-refractivity contribution in [1.29, 1.82) is 0 Å². The molecule has 0 saturated carbocycles. The average Bonchev–Trinajstić information content (AvgIpc) is 2.39. The Balaban J connectivity index is 2.10. The van der Waals surface area contributed by atoms with E-state index in [0.717, 1.165) is 19.7 Å². The third kappa shape index (κ3) is 3.18. The Hall–Kier alpha value is -0.730. The van der Waals surface area contributed by atoms with Crippen LogP contribution in [0.3, 0.4) is 0 Å². The molecule has 1 aliphatic heterocycles. The molecule has 0 aliphatic carbocycles. The van der Waals surface area contributed by atoms with Gasteiger partial charge in [0.25, 0.3) is 0 Å². The summed E-state index contributed by atoms with van der Waals surface area (Å²) in [5, 5.41) is 0. The SMILES string of the molecule is COCC1CCCN(c2ccc(CCl)cc2C)C1. The number of hydrogen-bond acceptors (Lipinski definition) is 2. The summed E-state index contributed by atoms with van der Waals surface area (Å²) in [6.07, 6.45) is 2.54. The van der Waals surface area contributed by atoms with Crippen LogP contribution in [0.4, 0.5) is 5.69 Å². The smallest absolute Gasteiger partial charge is 0.0507 e. The van der Waals surface area contributed by atoms with Gasteiger partial charge in [0, 0.05) is 31.8 Å². The summed E-state index contributed by atoms with van der Waals surface area (Å²) in [5.41, 5.74) is 3.87. The number of anilines is 1. The third-order valence-electron chi connectivity index (χ3n) is 3.68. The molecule has 1 saturated heterocycles. The number of hydrogen-bond donors (Lipinski definition) is 0. The van der Waals surface area contributed by atoms with E-state index in [-0.39, 0.29) is 0 Å². The van der Waals surface area contributed by atoms with E-state index >= 15 is 0 Å². The molecule has 3 heteroatoms. The zero-order chi connectivity index (χ0) is 13.0. The standard InChI is InChI=1S/C15H22ClNO/c1-12-8-13(9-16)5-6-15(12)17-7-3-4-14(10-17)11-18-2/h5-6,8,14H,3-4,7,9-11H2,1-2H3. The molecule has 100 valence electrons. The molecule has 18 heavy (non-hydrogen) atoms. The van der Waals surface area contributed by atoms with Gasteiger partial charge in [-0.3, -0.25) is 0 Å². The highest BCUT2D eigenvalue weighted by molar-refractivity contribution is 6.17. The van der Waals surface area contributed by atoms with E-state index in [4.69, 9.17) is 16.3 Å². The van der Waals surface area contributed by atoms with Crippen molar-refractivity contribution < 1.29 is 4.74 Å². The molecule has 0 radical (unpaired) electrons. The van der Waals surface area contributed by atoms with Crippen LogP contribution in [0, 0.1) is 12.8 Å². The quantitative estimate of drug-likeness (QED) is 0.773. The second-order valence-electron chi connectivity index (χ2n) is 5.16. The van der Waals surface area contributed by atoms with E-state index in [0.29, 0.717) is 11.8 Å². The summed E-state index contributed by atoms with van der Waals surface area (Å²) in [7, 11) is 1.79. The van der Waals surface area contributed by atoms with Crippen molar-refractivity contribution in [2.45, 2.75) is 25.6 Å². The minimum atomic E-state index is 0.591. The van der Waals surface area contributed by atoms with Gasteiger partial charge in [-0.25, -0.2) is 0 Å². The molecular weight excluding hydrogens is 246 g/mol. The number of piperidine rings is 1. The van der Waals surface area contributed by atoms with Crippen LogP contribution in [0.5, 0.6) is 0 Å². The van der Waals surface area contributed by atoms with Crippen LogP contribution in [0.2, 0.25) is 0 Å². The van der Waals surface area contributed by atoms with E-state index in [2.05, 4.69) is 30.0 Å². The largest absolute Gasteiger partial charge is 0.384 e. The van der Waals surface area contributed by atoms with E-state index in [1.807, 2.05) is 0 Å². The maximum Gasteiger partial charge on any atom is 0.0507 e. The fraction of sp³-hybridized carbons (Fsp3) is 0.600. The first kappa shape index (κ1) is 13.7. The monoisotopic (exact) mass is 267 g/mol. The zero-order valence-electron chi connectivity index (χ0n) is 11.3. The molecule has 0 N–H and O–H groups in total. The van der Waals surface area contributed by atoms with E-state index in [9.17, 15) is 0 Å². The Kier molecular flexibility index (Phi) is 4.90. The molecule has 2 nitrogen and oxygen atoms in total. The van der Waals surface area contributed by atoms with Gasteiger partial charge in [-0.05, 0) is 42.9 Å². The molecule has 0 amide bonds. The lowest BCUT2D eigenvalue weighted by Gasteiger charge is -2.35. The number of nitrogens with zero attached hydrogens (tertiary/aromatic N) is 1. The Morgan fingerprint density at radius 2 is 2.28 bits per heavy atom. The van der Waals surface area contributed by atoms with Crippen LogP contribution in [0.25, 0.3) is 0 Å². The van der Waals surface area contributed by atoms with Crippen LogP contribution < -0.4 is 4.90 Å². The first-order chi connectivity index (χ1) is 8.74. The Morgan fingerprint density at radius 1 is 1.44 bits per heavy atom. The summed E-state index contributed by atoms with van der Waals surface area (Å²) in [4.78, 5) is 2.49. The van der Waals surface area contributed by atoms with Gasteiger partial charge < -0.3 is 9.64 Å². The highest BCUT2D eigenvalue weighted by Crippen LogP contribution is 2.27. The molecule has 0 spiro atoms. The first-order valence-electron chi connectivity index (χ1n) is 6.64. The van der Waals surface area contributed by atoms with Gasteiger partial charge in [-0.2, -0.15) is 0 Å². The highest BCUT2D eigenvalue weighted by atomic mass is 35.5. The van der Waals surface area contributed by atoms with Gasteiger partial charge in [0.05, 0.1) is 6.61 Å². The second-order valence-corrected chi connectivity index (χ2v) is 5.43. The Morgan fingerprint density at radius 3 is 2.94 bits per heavy atom. The van der Waals surface area contributed by atoms with Crippen molar-refractivity contribution in [2.24, 2.45) is 5.92 Å². The third-order valence-corrected chi connectivity index (χ3v) is 3.99. The summed E-state index contributed by atoms with van der Waals surface area (Å²) < 4.78 is 5.29. The molecule has 1 atom stereocenters. The van der Waals surface area contributed by atoms with Crippen LogP contribution in [-0.2, 0) is 10.6 Å². The maximum absolute atomic E-state index is 5.87. The highest BCUT2D eigenvalue weighted by Gasteiger charge is 2.20. The van der Waals surface area contributed by atoms with Crippen molar-refractivity contribution in [3.8, 4) is 0 Å². The molecule has 1 aromatic carbocycles. The normalized spacial score (nSPS) is 20.2. The number of ether oxygens (including phenoxy) is 1. The van der Waals surface area contributed by atoms with E-state index in [1.165, 1.54) is 29.7 Å². The fourth-order valence-electron chi connectivity index (χ4n) is 2.81. The fourth-order valence-corrected chi connectivity index (χ4v) is 2.98. The minimum Gasteiger partial charge on any atom is -0.384 e. The molecule has 1 aromatic rings. The summed E-state index contributed by atoms with van der Waals surface area (Å²) in [6, 6.07) is 6.54. The molecule has 1 aliphatic rings. The molecular formula is C15H22ClNO. The predicted molar refractivity (Wildman–Crippen MR) is 77.5 cm³/mol. The van der Waals surface area contributed by atoms with Gasteiger partial charge in [0.15, 0.2) is 0 Å². The van der Waals surface area contributed by atoms with Gasteiger partial charge in [-0.15, -0.1) is 11.6 Å². The number of methoxy groups -OCH3 is 1. The van der Waals surface area contributed by atoms with Crippen LogP contribution in [0.1, 0.15) is 24.0 Å². The molecule has 2 rings (SSSR count). The minimum absolute atomic E-state index is 0.591. The van der Waals surface area contributed by atoms with Crippen molar-refractivity contribution in [2.75, 3.05) is 31.7 Å².